The molecule has 0 amide bonds. The van der Waals surface area contributed by atoms with E-state index in [1.807, 2.05) is 0 Å². The van der Waals surface area contributed by atoms with Gasteiger partial charge in [-0.1, -0.05) is 0 Å². The summed E-state index contributed by atoms with van der Waals surface area (Å²) in [5, 5.41) is 8.83. The largest absolute Gasteiger partial charge is 0.478 e. The average molecular weight is 278 g/mol. The zero-order valence-electron chi connectivity index (χ0n) is 12.1. The van der Waals surface area contributed by atoms with Crippen LogP contribution in [0.4, 0.5) is 0 Å². The topological polar surface area (TPSA) is 53.0 Å². The molecular weight excluding hydrogens is 256 g/mol. The maximum atomic E-state index is 10.8. The molecule has 1 aliphatic rings. The van der Waals surface area contributed by atoms with Crippen LogP contribution in [-0.4, -0.2) is 60.8 Å². The lowest BCUT2D eigenvalue weighted by atomic mass is 10.1. The zero-order chi connectivity index (χ0) is 14.5. The first-order valence-electron chi connectivity index (χ1n) is 6.91. The van der Waals surface area contributed by atoms with Crippen LogP contribution in [0.2, 0.25) is 0 Å². The highest BCUT2D eigenvalue weighted by Gasteiger charge is 2.20. The summed E-state index contributed by atoms with van der Waals surface area (Å²) in [6.07, 6.45) is 2.32. The Morgan fingerprint density at radius 3 is 2.50 bits per heavy atom. The van der Waals surface area contributed by atoms with E-state index in [0.29, 0.717) is 18.5 Å². The fraction of sp³-hybridized carbons (Fsp3) is 0.533. The minimum absolute atomic E-state index is 0.279. The van der Waals surface area contributed by atoms with Gasteiger partial charge in [-0.2, -0.15) is 0 Å². The summed E-state index contributed by atoms with van der Waals surface area (Å²) in [4.78, 5) is 15.3. The number of ether oxygens (including phenoxy) is 1. The van der Waals surface area contributed by atoms with E-state index in [4.69, 9.17) is 9.84 Å². The number of hydrogen-bond acceptors (Lipinski definition) is 4. The first-order chi connectivity index (χ1) is 9.56. The Morgan fingerprint density at radius 1 is 1.35 bits per heavy atom. The minimum Gasteiger partial charge on any atom is -0.478 e. The van der Waals surface area contributed by atoms with E-state index in [2.05, 4.69) is 23.9 Å². The van der Waals surface area contributed by atoms with Crippen molar-refractivity contribution >= 4 is 5.97 Å². The van der Waals surface area contributed by atoms with Crippen LogP contribution < -0.4 is 4.74 Å². The Hall–Kier alpha value is -1.59. The Balaban J connectivity index is 1.80. The molecule has 1 saturated heterocycles. The molecule has 1 fully saturated rings. The van der Waals surface area contributed by atoms with Crippen LogP contribution in [0.25, 0.3) is 0 Å². The standard InChI is InChI=1S/C15H22N2O3/c1-16-9-7-13(8-10-16)17(2)11-20-14-5-3-12(4-6-14)15(18)19/h3-6,13H,7-11H2,1-2H3,(H,18,19). The first-order valence-corrected chi connectivity index (χ1v) is 6.91. The van der Waals surface area contributed by atoms with Crippen molar-refractivity contribution in [2.75, 3.05) is 33.9 Å². The lowest BCUT2D eigenvalue weighted by Crippen LogP contribution is -2.43. The minimum atomic E-state index is -0.917. The summed E-state index contributed by atoms with van der Waals surface area (Å²) in [6.45, 7) is 2.78. The van der Waals surface area contributed by atoms with Crippen LogP contribution >= 0.6 is 0 Å². The molecule has 20 heavy (non-hydrogen) atoms. The van der Waals surface area contributed by atoms with Crippen LogP contribution in [0, 0.1) is 0 Å². The van der Waals surface area contributed by atoms with Gasteiger partial charge in [-0.25, -0.2) is 4.79 Å². The third-order valence-electron chi connectivity index (χ3n) is 3.85. The molecule has 1 heterocycles. The Labute approximate surface area is 119 Å². The summed E-state index contributed by atoms with van der Waals surface area (Å²) in [6, 6.07) is 7.09. The monoisotopic (exact) mass is 278 g/mol. The highest BCUT2D eigenvalue weighted by molar-refractivity contribution is 5.87. The highest BCUT2D eigenvalue weighted by Crippen LogP contribution is 2.16. The van der Waals surface area contributed by atoms with Gasteiger partial charge in [0, 0.05) is 6.04 Å². The van der Waals surface area contributed by atoms with Gasteiger partial charge in [0.1, 0.15) is 12.5 Å². The van der Waals surface area contributed by atoms with Crippen molar-refractivity contribution in [2.45, 2.75) is 18.9 Å². The molecule has 1 aliphatic heterocycles. The fourth-order valence-corrected chi connectivity index (χ4v) is 2.41. The van der Waals surface area contributed by atoms with Crippen LogP contribution in [0.1, 0.15) is 23.2 Å². The van der Waals surface area contributed by atoms with Crippen LogP contribution in [0.3, 0.4) is 0 Å². The summed E-state index contributed by atoms with van der Waals surface area (Å²) >= 11 is 0. The third kappa shape index (κ3) is 3.95. The van der Waals surface area contributed by atoms with Crippen LogP contribution in [-0.2, 0) is 0 Å². The number of carboxylic acid groups (broad SMARTS) is 1. The number of aromatic carboxylic acids is 1. The number of benzene rings is 1. The van der Waals surface area contributed by atoms with E-state index in [1.165, 1.54) is 0 Å². The van der Waals surface area contributed by atoms with E-state index in [9.17, 15) is 4.79 Å². The lowest BCUT2D eigenvalue weighted by molar-refractivity contribution is 0.0696. The van der Waals surface area contributed by atoms with Crippen molar-refractivity contribution in [3.8, 4) is 5.75 Å². The number of hydrogen-bond donors (Lipinski definition) is 1. The molecule has 5 heteroatoms. The van der Waals surface area contributed by atoms with Gasteiger partial charge in [0.15, 0.2) is 0 Å². The number of rotatable bonds is 5. The number of piperidine rings is 1. The molecule has 110 valence electrons. The second-order valence-electron chi connectivity index (χ2n) is 5.39. The van der Waals surface area contributed by atoms with Crippen molar-refractivity contribution in [2.24, 2.45) is 0 Å². The van der Waals surface area contributed by atoms with Crippen molar-refractivity contribution < 1.29 is 14.6 Å². The molecule has 0 unspecified atom stereocenters. The zero-order valence-corrected chi connectivity index (χ0v) is 12.1. The van der Waals surface area contributed by atoms with E-state index >= 15 is 0 Å². The molecule has 0 aliphatic carbocycles. The Morgan fingerprint density at radius 2 is 1.95 bits per heavy atom. The molecule has 0 bridgehead atoms. The second-order valence-corrected chi connectivity index (χ2v) is 5.39. The molecule has 0 saturated carbocycles. The Kier molecular flexibility index (Phi) is 4.98. The molecule has 2 rings (SSSR count). The Bertz CT molecular complexity index is 439. The van der Waals surface area contributed by atoms with Crippen molar-refractivity contribution in [1.82, 2.24) is 9.80 Å². The van der Waals surface area contributed by atoms with E-state index < -0.39 is 5.97 Å². The molecule has 0 spiro atoms. The number of likely N-dealkylation sites (tertiary alicyclic amines) is 1. The van der Waals surface area contributed by atoms with Gasteiger partial charge in [-0.15, -0.1) is 0 Å². The SMILES string of the molecule is CN1CCC(N(C)COc2ccc(C(=O)O)cc2)CC1. The van der Waals surface area contributed by atoms with Gasteiger partial charge >= 0.3 is 5.97 Å². The summed E-state index contributed by atoms with van der Waals surface area (Å²) < 4.78 is 5.70. The summed E-state index contributed by atoms with van der Waals surface area (Å²) in [7, 11) is 4.22. The fourth-order valence-electron chi connectivity index (χ4n) is 2.41. The number of nitrogens with zero attached hydrogens (tertiary/aromatic N) is 2. The van der Waals surface area contributed by atoms with Gasteiger partial charge in [0.2, 0.25) is 0 Å². The second kappa shape index (κ2) is 6.72. The molecule has 1 N–H and O–H groups in total. The summed E-state index contributed by atoms with van der Waals surface area (Å²) in [5.41, 5.74) is 0.279. The lowest BCUT2D eigenvalue weighted by Gasteiger charge is -2.34. The molecule has 0 radical (unpaired) electrons. The van der Waals surface area contributed by atoms with E-state index in [0.717, 1.165) is 25.9 Å². The van der Waals surface area contributed by atoms with E-state index in [1.54, 1.807) is 24.3 Å². The number of carbonyl (C=O) groups is 1. The first kappa shape index (κ1) is 14.8. The predicted octanol–water partition coefficient (Wildman–Crippen LogP) is 1.75. The maximum Gasteiger partial charge on any atom is 0.335 e. The van der Waals surface area contributed by atoms with Crippen molar-refractivity contribution in [3.05, 3.63) is 29.8 Å². The van der Waals surface area contributed by atoms with Gasteiger partial charge in [-0.05, 0) is 64.3 Å². The van der Waals surface area contributed by atoms with Gasteiger partial charge in [0.05, 0.1) is 5.56 Å². The smallest absolute Gasteiger partial charge is 0.335 e. The molecule has 0 atom stereocenters. The average Bonchev–Trinajstić information content (AvgIpc) is 2.46. The molecular formula is C15H22N2O3. The van der Waals surface area contributed by atoms with Crippen molar-refractivity contribution in [3.63, 3.8) is 0 Å². The third-order valence-corrected chi connectivity index (χ3v) is 3.85. The van der Waals surface area contributed by atoms with Crippen LogP contribution in [0.15, 0.2) is 24.3 Å². The number of carboxylic acids is 1. The molecule has 5 nitrogen and oxygen atoms in total. The predicted molar refractivity (Wildman–Crippen MR) is 77.2 cm³/mol. The highest BCUT2D eigenvalue weighted by atomic mass is 16.5. The van der Waals surface area contributed by atoms with Crippen LogP contribution in [0.5, 0.6) is 5.75 Å². The van der Waals surface area contributed by atoms with Gasteiger partial charge in [-0.3, -0.25) is 4.90 Å². The maximum absolute atomic E-state index is 10.8. The quantitative estimate of drug-likeness (QED) is 0.832. The van der Waals surface area contributed by atoms with E-state index in [-0.39, 0.29) is 5.56 Å². The molecule has 0 aromatic heterocycles. The molecule has 1 aromatic carbocycles. The van der Waals surface area contributed by atoms with Crippen molar-refractivity contribution in [1.29, 1.82) is 0 Å². The van der Waals surface area contributed by atoms with Gasteiger partial charge < -0.3 is 14.7 Å². The van der Waals surface area contributed by atoms with Gasteiger partial charge in [0.25, 0.3) is 0 Å². The normalized spacial score (nSPS) is 17.4. The molecule has 1 aromatic rings. The summed E-state index contributed by atoms with van der Waals surface area (Å²) in [5.74, 6) is -0.213.